The Kier molecular flexibility index (Phi) is 3.47. The predicted octanol–water partition coefficient (Wildman–Crippen LogP) is 1.93. The number of carbonyl (C=O) groups excluding carboxylic acids is 2. The second-order valence-corrected chi connectivity index (χ2v) is 6.38. The Morgan fingerprint density at radius 1 is 1.19 bits per heavy atom. The van der Waals surface area contributed by atoms with Crippen LogP contribution in [0, 0.1) is 19.8 Å². The largest absolute Gasteiger partial charge is 0.342 e. The third-order valence-electron chi connectivity index (χ3n) is 4.71. The molecule has 0 aromatic heterocycles. The van der Waals surface area contributed by atoms with Crippen LogP contribution in [0.15, 0.2) is 18.2 Å². The topological polar surface area (TPSA) is 49.4 Å². The van der Waals surface area contributed by atoms with Crippen molar-refractivity contribution in [3.8, 4) is 0 Å². The van der Waals surface area contributed by atoms with E-state index in [1.165, 1.54) is 11.1 Å². The van der Waals surface area contributed by atoms with Crippen molar-refractivity contribution in [3.05, 3.63) is 34.9 Å². The van der Waals surface area contributed by atoms with Crippen LogP contribution < -0.4 is 5.32 Å². The molecule has 2 atom stereocenters. The number of hydrogen-bond acceptors (Lipinski definition) is 2. The highest BCUT2D eigenvalue weighted by Gasteiger charge is 2.45. The molecule has 1 aliphatic carbocycles. The predicted molar refractivity (Wildman–Crippen MR) is 80.6 cm³/mol. The molecule has 0 bridgehead atoms. The maximum Gasteiger partial charge on any atom is 0.246 e. The molecule has 1 aromatic carbocycles. The number of amides is 2. The van der Waals surface area contributed by atoms with Crippen molar-refractivity contribution < 1.29 is 9.59 Å². The second kappa shape index (κ2) is 5.17. The van der Waals surface area contributed by atoms with Crippen molar-refractivity contribution in [1.29, 1.82) is 0 Å². The summed E-state index contributed by atoms with van der Waals surface area (Å²) in [6, 6.07) is 5.52. The summed E-state index contributed by atoms with van der Waals surface area (Å²) in [6.07, 6.45) is 2.09. The summed E-state index contributed by atoms with van der Waals surface area (Å²) >= 11 is 0. The molecule has 2 aliphatic rings. The van der Waals surface area contributed by atoms with Crippen molar-refractivity contribution in [2.24, 2.45) is 5.92 Å². The van der Waals surface area contributed by atoms with E-state index >= 15 is 0 Å². The van der Waals surface area contributed by atoms with E-state index in [2.05, 4.69) is 31.3 Å². The number of hydrogen-bond donors (Lipinski definition) is 1. The smallest absolute Gasteiger partial charge is 0.246 e. The molecule has 2 amide bonds. The van der Waals surface area contributed by atoms with Crippen LogP contribution in [-0.2, 0) is 16.1 Å². The van der Waals surface area contributed by atoms with Gasteiger partial charge in [0.2, 0.25) is 11.8 Å². The normalized spacial score (nSPS) is 26.0. The summed E-state index contributed by atoms with van der Waals surface area (Å²) in [5.74, 6) is 0.384. The van der Waals surface area contributed by atoms with Crippen molar-refractivity contribution in [1.82, 2.24) is 10.2 Å². The van der Waals surface area contributed by atoms with Gasteiger partial charge >= 0.3 is 0 Å². The zero-order valence-corrected chi connectivity index (χ0v) is 12.8. The van der Waals surface area contributed by atoms with Gasteiger partial charge in [0.1, 0.15) is 12.1 Å². The van der Waals surface area contributed by atoms with Gasteiger partial charge in [-0.2, -0.15) is 0 Å². The van der Waals surface area contributed by atoms with Gasteiger partial charge < -0.3 is 10.2 Å². The molecule has 1 N–H and O–H groups in total. The monoisotopic (exact) mass is 286 g/mol. The lowest BCUT2D eigenvalue weighted by atomic mass is 10.0. The third kappa shape index (κ3) is 2.67. The van der Waals surface area contributed by atoms with Gasteiger partial charge in [-0.1, -0.05) is 18.2 Å². The second-order valence-electron chi connectivity index (χ2n) is 6.38. The molecule has 2 unspecified atom stereocenters. The fraction of sp³-hybridized carbons (Fsp3) is 0.529. The first-order valence-electron chi connectivity index (χ1n) is 7.64. The minimum absolute atomic E-state index is 0.0321. The minimum Gasteiger partial charge on any atom is -0.342 e. The third-order valence-corrected chi connectivity index (χ3v) is 4.71. The molecular formula is C17H22N2O2. The first kappa shape index (κ1) is 14.1. The van der Waals surface area contributed by atoms with E-state index in [4.69, 9.17) is 0 Å². The number of carbonyl (C=O) groups is 2. The first-order valence-corrected chi connectivity index (χ1v) is 7.64. The van der Waals surface area contributed by atoms with Crippen LogP contribution in [0.5, 0.6) is 0 Å². The van der Waals surface area contributed by atoms with Crippen LogP contribution in [0.3, 0.4) is 0 Å². The van der Waals surface area contributed by atoms with Crippen molar-refractivity contribution >= 4 is 11.8 Å². The highest BCUT2D eigenvalue weighted by atomic mass is 16.2. The molecule has 1 aliphatic heterocycles. The van der Waals surface area contributed by atoms with Gasteiger partial charge in [-0.05, 0) is 56.2 Å². The van der Waals surface area contributed by atoms with Gasteiger partial charge in [-0.3, -0.25) is 9.59 Å². The van der Waals surface area contributed by atoms with Crippen LogP contribution in [0.2, 0.25) is 0 Å². The lowest BCUT2D eigenvalue weighted by molar-refractivity contribution is -0.149. The molecule has 1 saturated heterocycles. The summed E-state index contributed by atoms with van der Waals surface area (Å²) in [5, 5.41) is 2.88. The molecule has 4 nitrogen and oxygen atoms in total. The fourth-order valence-electron chi connectivity index (χ4n) is 2.91. The molecule has 1 saturated carbocycles. The lowest BCUT2D eigenvalue weighted by Crippen LogP contribution is -2.62. The highest BCUT2D eigenvalue weighted by Crippen LogP contribution is 2.35. The molecule has 112 valence electrons. The molecule has 2 fully saturated rings. The molecular weight excluding hydrogens is 264 g/mol. The summed E-state index contributed by atoms with van der Waals surface area (Å²) in [7, 11) is 0. The number of nitrogens with zero attached hydrogens (tertiary/aromatic N) is 1. The van der Waals surface area contributed by atoms with Crippen LogP contribution in [0.4, 0.5) is 0 Å². The number of aryl methyl sites for hydroxylation is 2. The van der Waals surface area contributed by atoms with E-state index in [-0.39, 0.29) is 17.9 Å². The van der Waals surface area contributed by atoms with Crippen molar-refractivity contribution in [3.63, 3.8) is 0 Å². The Bertz CT molecular complexity index is 592. The average molecular weight is 286 g/mol. The maximum atomic E-state index is 12.6. The molecule has 0 spiro atoms. The Balaban J connectivity index is 1.82. The van der Waals surface area contributed by atoms with E-state index in [1.54, 1.807) is 11.8 Å². The Labute approximate surface area is 125 Å². The Morgan fingerprint density at radius 3 is 2.52 bits per heavy atom. The quantitative estimate of drug-likeness (QED) is 0.923. The zero-order valence-electron chi connectivity index (χ0n) is 12.8. The molecule has 0 radical (unpaired) electrons. The van der Waals surface area contributed by atoms with E-state index < -0.39 is 6.04 Å². The van der Waals surface area contributed by atoms with Gasteiger partial charge in [-0.25, -0.2) is 0 Å². The van der Waals surface area contributed by atoms with Crippen LogP contribution >= 0.6 is 0 Å². The molecule has 21 heavy (non-hydrogen) atoms. The summed E-state index contributed by atoms with van der Waals surface area (Å²) < 4.78 is 0. The van der Waals surface area contributed by atoms with E-state index in [0.717, 1.165) is 18.4 Å². The SMILES string of the molecule is Cc1ccc(CN2C(=O)C(C3CC3)NC(=O)C2C)cc1C. The van der Waals surface area contributed by atoms with Crippen molar-refractivity contribution in [2.75, 3.05) is 0 Å². The van der Waals surface area contributed by atoms with E-state index in [9.17, 15) is 9.59 Å². The van der Waals surface area contributed by atoms with Gasteiger partial charge in [-0.15, -0.1) is 0 Å². The van der Waals surface area contributed by atoms with Gasteiger partial charge in [0.05, 0.1) is 0 Å². The van der Waals surface area contributed by atoms with Crippen LogP contribution in [0.25, 0.3) is 0 Å². The number of benzene rings is 1. The molecule has 1 aromatic rings. The van der Waals surface area contributed by atoms with E-state index in [0.29, 0.717) is 12.5 Å². The molecule has 3 rings (SSSR count). The molecule has 4 heteroatoms. The zero-order chi connectivity index (χ0) is 15.1. The fourth-order valence-corrected chi connectivity index (χ4v) is 2.91. The number of nitrogens with one attached hydrogen (secondary N) is 1. The average Bonchev–Trinajstić information content (AvgIpc) is 3.27. The summed E-state index contributed by atoms with van der Waals surface area (Å²) in [5.41, 5.74) is 3.54. The first-order chi connectivity index (χ1) is 9.97. The Morgan fingerprint density at radius 2 is 1.90 bits per heavy atom. The number of piperazine rings is 1. The number of rotatable bonds is 3. The van der Waals surface area contributed by atoms with Crippen molar-refractivity contribution in [2.45, 2.75) is 52.2 Å². The van der Waals surface area contributed by atoms with E-state index in [1.807, 2.05) is 6.07 Å². The van der Waals surface area contributed by atoms with Gasteiger partial charge in [0.15, 0.2) is 0 Å². The van der Waals surface area contributed by atoms with Crippen LogP contribution in [-0.4, -0.2) is 28.8 Å². The highest BCUT2D eigenvalue weighted by molar-refractivity contribution is 5.97. The van der Waals surface area contributed by atoms with Gasteiger partial charge in [0.25, 0.3) is 0 Å². The maximum absolute atomic E-state index is 12.6. The minimum atomic E-state index is -0.394. The lowest BCUT2D eigenvalue weighted by Gasteiger charge is -2.37. The standard InChI is InChI=1S/C17H22N2O2/c1-10-4-5-13(8-11(10)2)9-19-12(3)16(20)18-15(17(19)21)14-6-7-14/h4-5,8,12,14-15H,6-7,9H2,1-3H3,(H,18,20). The summed E-state index contributed by atoms with van der Waals surface area (Å²) in [6.45, 7) is 6.46. The van der Waals surface area contributed by atoms with Gasteiger partial charge in [0, 0.05) is 6.54 Å². The van der Waals surface area contributed by atoms with Crippen LogP contribution in [0.1, 0.15) is 36.5 Å². The Hall–Kier alpha value is -1.84. The summed E-state index contributed by atoms with van der Waals surface area (Å²) in [4.78, 5) is 26.5. The molecule has 1 heterocycles.